The number of likely N-dealkylation sites (tertiary alicyclic amines) is 2. The Hall–Kier alpha value is -4.14. The molecule has 1 aromatic carbocycles. The Labute approximate surface area is 285 Å². The van der Waals surface area contributed by atoms with Gasteiger partial charge in [-0.25, -0.2) is 0 Å². The van der Waals surface area contributed by atoms with Crippen molar-refractivity contribution in [3.63, 3.8) is 0 Å². The summed E-state index contributed by atoms with van der Waals surface area (Å²) in [6.45, 7) is 4.70. The van der Waals surface area contributed by atoms with E-state index in [1.165, 1.54) is 4.90 Å². The fourth-order valence-corrected chi connectivity index (χ4v) is 7.90. The van der Waals surface area contributed by atoms with E-state index in [9.17, 15) is 37.9 Å². The van der Waals surface area contributed by atoms with Gasteiger partial charge in [0.2, 0.25) is 5.91 Å². The molecule has 3 aliphatic rings. The highest BCUT2D eigenvalue weighted by Crippen LogP contribution is 2.46. The zero-order chi connectivity index (χ0) is 35.4. The molecule has 3 atom stereocenters. The maximum absolute atomic E-state index is 14.1. The molecule has 1 aliphatic carbocycles. The molecule has 5 rings (SSSR count). The highest BCUT2D eigenvalue weighted by molar-refractivity contribution is 5.96. The number of rotatable bonds is 11. The van der Waals surface area contributed by atoms with Crippen LogP contribution >= 0.6 is 0 Å². The highest BCUT2D eigenvalue weighted by Gasteiger charge is 2.46. The Bertz CT molecular complexity index is 1560. The average molecular weight is 683 g/mol. The number of piperidine rings is 2. The normalized spacial score (nSPS) is 22.4. The van der Waals surface area contributed by atoms with Gasteiger partial charge >= 0.3 is 12.1 Å². The van der Waals surface area contributed by atoms with E-state index in [2.05, 4.69) is 11.1 Å². The summed E-state index contributed by atoms with van der Waals surface area (Å²) in [5.74, 6) is -1.66. The number of halogens is 3. The van der Waals surface area contributed by atoms with Crippen LogP contribution in [0.3, 0.4) is 0 Å². The number of carbonyl (C=O) groups is 3. The van der Waals surface area contributed by atoms with Gasteiger partial charge in [-0.15, -0.1) is 0 Å². The monoisotopic (exact) mass is 682 g/mol. The van der Waals surface area contributed by atoms with Crippen molar-refractivity contribution in [2.75, 3.05) is 19.6 Å². The molecule has 0 spiro atoms. The van der Waals surface area contributed by atoms with Gasteiger partial charge < -0.3 is 19.6 Å². The number of alkyl halides is 3. The summed E-state index contributed by atoms with van der Waals surface area (Å²) in [5, 5.41) is 20.2. The van der Waals surface area contributed by atoms with E-state index in [4.69, 9.17) is 4.74 Å². The van der Waals surface area contributed by atoms with Crippen molar-refractivity contribution in [3.8, 4) is 11.8 Å². The number of benzene rings is 1. The van der Waals surface area contributed by atoms with Crippen molar-refractivity contribution in [1.82, 2.24) is 14.8 Å². The maximum Gasteiger partial charge on any atom is 0.417 e. The molecule has 264 valence electrons. The van der Waals surface area contributed by atoms with Gasteiger partial charge in [0, 0.05) is 43.6 Å². The van der Waals surface area contributed by atoms with E-state index in [0.29, 0.717) is 83.0 Å². The summed E-state index contributed by atoms with van der Waals surface area (Å²) >= 11 is 0. The quantitative estimate of drug-likeness (QED) is 0.271. The molecule has 3 unspecified atom stereocenters. The topological polar surface area (TPSA) is 124 Å². The average Bonchev–Trinajstić information content (AvgIpc) is 3.07. The lowest BCUT2D eigenvalue weighted by atomic mass is 9.66. The van der Waals surface area contributed by atoms with Crippen LogP contribution in [0, 0.1) is 22.7 Å². The standard InChI is InChI=1S/C37H45F3N4O5/c1-3-8-30-26(9-6-20-44(30)33(46)27-23-42-19-13-28(27)37(38,39)40)32(45)43-21-17-36(24-41,18-22-43)29-10-4-5-11-31(29)49-25(2)12-16-35(34(47)48)14-7-15-35/h4-5,10-11,13,19,23,25-26,30H,3,6-9,12,14-18,20-22H2,1-2H3,(H,47,48). The lowest BCUT2D eigenvalue weighted by Crippen LogP contribution is -2.55. The van der Waals surface area contributed by atoms with E-state index in [1.54, 1.807) is 4.90 Å². The van der Waals surface area contributed by atoms with Gasteiger partial charge in [-0.3, -0.25) is 19.4 Å². The summed E-state index contributed by atoms with van der Waals surface area (Å²) in [5.41, 5.74) is -2.40. The van der Waals surface area contributed by atoms with E-state index in [1.807, 2.05) is 38.1 Å². The third-order valence-corrected chi connectivity index (χ3v) is 11.0. The van der Waals surface area contributed by atoms with Gasteiger partial charge in [-0.05, 0) is 76.8 Å². The Morgan fingerprint density at radius 1 is 1.10 bits per heavy atom. The molecule has 1 N–H and O–H groups in total. The molecule has 3 fully saturated rings. The second kappa shape index (κ2) is 14.8. The smallest absolute Gasteiger partial charge is 0.417 e. The van der Waals surface area contributed by atoms with E-state index < -0.39 is 52.0 Å². The first kappa shape index (κ1) is 36.1. The van der Waals surface area contributed by atoms with Gasteiger partial charge in [0.25, 0.3) is 5.91 Å². The molecule has 2 aliphatic heterocycles. The van der Waals surface area contributed by atoms with Crippen LogP contribution in [0.25, 0.3) is 0 Å². The summed E-state index contributed by atoms with van der Waals surface area (Å²) < 4.78 is 47.7. The molecule has 2 saturated heterocycles. The van der Waals surface area contributed by atoms with E-state index in [0.717, 1.165) is 30.4 Å². The Morgan fingerprint density at radius 2 is 1.82 bits per heavy atom. The fourth-order valence-electron chi connectivity index (χ4n) is 7.90. The van der Waals surface area contributed by atoms with Gasteiger partial charge in [-0.2, -0.15) is 18.4 Å². The molecule has 49 heavy (non-hydrogen) atoms. The minimum Gasteiger partial charge on any atom is -0.490 e. The van der Waals surface area contributed by atoms with Crippen molar-refractivity contribution < 1.29 is 37.4 Å². The van der Waals surface area contributed by atoms with Crippen LogP contribution in [0.4, 0.5) is 13.2 Å². The number of para-hydroxylation sites is 1. The molecule has 9 nitrogen and oxygen atoms in total. The summed E-state index contributed by atoms with van der Waals surface area (Å²) in [6.07, 6.45) is 3.19. The minimum atomic E-state index is -4.72. The molecule has 1 aromatic heterocycles. The SMILES string of the molecule is CCCC1C(C(=O)N2CCC(C#N)(c3ccccc3OC(C)CCC3(C(=O)O)CCC3)CC2)CCCN1C(=O)c1cnccc1C(F)(F)F. The van der Waals surface area contributed by atoms with Gasteiger partial charge in [0.1, 0.15) is 5.75 Å². The second-order valence-electron chi connectivity index (χ2n) is 13.9. The van der Waals surface area contributed by atoms with E-state index in [-0.39, 0.29) is 18.6 Å². The van der Waals surface area contributed by atoms with Crippen LogP contribution in [0.1, 0.15) is 106 Å². The highest BCUT2D eigenvalue weighted by atomic mass is 19.4. The molecule has 3 heterocycles. The predicted octanol–water partition coefficient (Wildman–Crippen LogP) is 7.01. The number of carbonyl (C=O) groups excluding carboxylic acids is 2. The first-order chi connectivity index (χ1) is 23.4. The number of pyridine rings is 1. The summed E-state index contributed by atoms with van der Waals surface area (Å²) in [4.78, 5) is 46.5. The maximum atomic E-state index is 14.1. The second-order valence-corrected chi connectivity index (χ2v) is 13.9. The van der Waals surface area contributed by atoms with Crippen LogP contribution < -0.4 is 4.74 Å². The molecule has 0 bridgehead atoms. The molecule has 2 aromatic rings. The summed E-state index contributed by atoms with van der Waals surface area (Å²) in [6, 6.07) is 10.2. The number of hydrogen-bond acceptors (Lipinski definition) is 6. The van der Waals surface area contributed by atoms with Crippen molar-refractivity contribution in [2.24, 2.45) is 11.3 Å². The molecule has 1 saturated carbocycles. The number of aliphatic carboxylic acids is 1. The van der Waals surface area contributed by atoms with Crippen molar-refractivity contribution >= 4 is 17.8 Å². The number of carboxylic acid groups (broad SMARTS) is 1. The number of amides is 2. The molecule has 12 heteroatoms. The molecular formula is C37H45F3N4O5. The predicted molar refractivity (Wildman–Crippen MR) is 174 cm³/mol. The minimum absolute atomic E-state index is 0.147. The third kappa shape index (κ3) is 7.41. The first-order valence-electron chi connectivity index (χ1n) is 17.4. The Morgan fingerprint density at radius 3 is 2.43 bits per heavy atom. The molecule has 2 amide bonds. The number of aromatic nitrogens is 1. The van der Waals surface area contributed by atoms with Crippen LogP contribution in [0.5, 0.6) is 5.75 Å². The number of carboxylic acids is 1. The number of nitriles is 1. The summed E-state index contributed by atoms with van der Waals surface area (Å²) in [7, 11) is 0. The lowest BCUT2D eigenvalue weighted by Gasteiger charge is -2.44. The van der Waals surface area contributed by atoms with Crippen molar-refractivity contribution in [3.05, 3.63) is 59.4 Å². The molecule has 0 radical (unpaired) electrons. The van der Waals surface area contributed by atoms with Crippen molar-refractivity contribution in [1.29, 1.82) is 5.26 Å². The van der Waals surface area contributed by atoms with Gasteiger partial charge in [0.15, 0.2) is 0 Å². The van der Waals surface area contributed by atoms with Gasteiger partial charge in [-0.1, -0.05) is 38.0 Å². The van der Waals surface area contributed by atoms with E-state index >= 15 is 0 Å². The van der Waals surface area contributed by atoms with Gasteiger partial charge in [0.05, 0.1) is 40.0 Å². The van der Waals surface area contributed by atoms with Crippen LogP contribution in [-0.4, -0.2) is 69.5 Å². The lowest BCUT2D eigenvalue weighted by molar-refractivity contribution is -0.155. The van der Waals surface area contributed by atoms with Crippen LogP contribution in [0.2, 0.25) is 0 Å². The molecular weight excluding hydrogens is 637 g/mol. The van der Waals surface area contributed by atoms with Crippen LogP contribution in [-0.2, 0) is 21.2 Å². The largest absolute Gasteiger partial charge is 0.490 e. The Kier molecular flexibility index (Phi) is 10.9. The zero-order valence-electron chi connectivity index (χ0n) is 28.2. The third-order valence-electron chi connectivity index (χ3n) is 11.0. The fraction of sp³-hybridized carbons (Fsp3) is 0.595. The van der Waals surface area contributed by atoms with Crippen molar-refractivity contribution in [2.45, 2.75) is 108 Å². The number of nitrogens with zero attached hydrogens (tertiary/aromatic N) is 4. The zero-order valence-corrected chi connectivity index (χ0v) is 28.2. The Balaban J connectivity index is 1.28. The number of hydrogen-bond donors (Lipinski definition) is 1. The first-order valence-corrected chi connectivity index (χ1v) is 17.4. The van der Waals surface area contributed by atoms with Crippen LogP contribution in [0.15, 0.2) is 42.7 Å². The number of ether oxygens (including phenoxy) is 1.